The average Bonchev–Trinajstić information content (AvgIpc) is 2.49. The molecule has 0 unspecified atom stereocenters. The van der Waals surface area contributed by atoms with Gasteiger partial charge in [0.25, 0.3) is 0 Å². The lowest BCUT2D eigenvalue weighted by Gasteiger charge is -2.09. The molecule has 0 rings (SSSR count). The highest BCUT2D eigenvalue weighted by atomic mass is 16.5. The van der Waals surface area contributed by atoms with Crippen LogP contribution in [0, 0.1) is 0 Å². The van der Waals surface area contributed by atoms with E-state index < -0.39 is 0 Å². The van der Waals surface area contributed by atoms with Gasteiger partial charge in [-0.2, -0.15) is 0 Å². The summed E-state index contributed by atoms with van der Waals surface area (Å²) in [5.74, 6) is -0.0188. The first-order valence-electron chi connectivity index (χ1n) is 9.47. The number of hydrogen-bond acceptors (Lipinski definition) is 3. The Morgan fingerprint density at radius 3 is 1.77 bits per heavy atom. The molecule has 0 aliphatic rings. The second-order valence-corrected chi connectivity index (χ2v) is 6.66. The lowest BCUT2D eigenvalue weighted by Crippen LogP contribution is -2.16. The van der Waals surface area contributed by atoms with Gasteiger partial charge in [-0.3, -0.25) is 4.79 Å². The number of unbranched alkanes of at least 4 members (excludes halogenated alkanes) is 10. The van der Waals surface area contributed by atoms with Crippen LogP contribution < -0.4 is 0 Å². The van der Waals surface area contributed by atoms with Crippen LogP contribution in [0.15, 0.2) is 0 Å². The van der Waals surface area contributed by atoms with Crippen molar-refractivity contribution in [3.8, 4) is 0 Å². The summed E-state index contributed by atoms with van der Waals surface area (Å²) >= 11 is 0. The second kappa shape index (κ2) is 16.8. The molecule has 0 saturated heterocycles. The van der Waals surface area contributed by atoms with Gasteiger partial charge in [-0.15, -0.1) is 0 Å². The molecule has 0 aromatic rings. The van der Waals surface area contributed by atoms with Crippen LogP contribution in [0.25, 0.3) is 0 Å². The summed E-state index contributed by atoms with van der Waals surface area (Å²) < 4.78 is 5.22. The Kier molecular flexibility index (Phi) is 16.4. The number of hydrogen-bond donors (Lipinski definition) is 0. The fraction of sp³-hybridized carbons (Fsp3) is 0.947. The number of rotatable bonds is 16. The van der Waals surface area contributed by atoms with Gasteiger partial charge in [-0.05, 0) is 26.9 Å². The highest BCUT2D eigenvalue weighted by Gasteiger charge is 2.02. The van der Waals surface area contributed by atoms with Crippen molar-refractivity contribution in [2.75, 3.05) is 27.2 Å². The number of carbonyl (C=O) groups is 1. The van der Waals surface area contributed by atoms with E-state index in [4.69, 9.17) is 4.74 Å². The van der Waals surface area contributed by atoms with Crippen molar-refractivity contribution in [1.82, 2.24) is 4.90 Å². The maximum atomic E-state index is 11.5. The van der Waals surface area contributed by atoms with Crippen molar-refractivity contribution in [1.29, 1.82) is 0 Å². The molecule has 3 heteroatoms. The molecule has 0 saturated carbocycles. The molecule has 0 aliphatic heterocycles. The van der Waals surface area contributed by atoms with Gasteiger partial charge in [-0.1, -0.05) is 71.1 Å². The summed E-state index contributed by atoms with van der Waals surface area (Å²) in [6.07, 6.45) is 16.0. The summed E-state index contributed by atoms with van der Waals surface area (Å²) in [5.41, 5.74) is 0. The van der Waals surface area contributed by atoms with Crippen LogP contribution >= 0.6 is 0 Å². The zero-order valence-electron chi connectivity index (χ0n) is 15.4. The molecule has 0 aromatic heterocycles. The van der Waals surface area contributed by atoms with Crippen molar-refractivity contribution in [3.05, 3.63) is 0 Å². The lowest BCUT2D eigenvalue weighted by atomic mass is 10.1. The van der Waals surface area contributed by atoms with Crippen LogP contribution in [-0.2, 0) is 9.53 Å². The second-order valence-electron chi connectivity index (χ2n) is 6.66. The quantitative estimate of drug-likeness (QED) is 0.290. The van der Waals surface area contributed by atoms with Crippen LogP contribution in [0.4, 0.5) is 0 Å². The van der Waals surface area contributed by atoms with Gasteiger partial charge in [0.1, 0.15) is 0 Å². The van der Waals surface area contributed by atoms with E-state index in [1.807, 2.05) is 14.1 Å². The van der Waals surface area contributed by atoms with E-state index in [0.717, 1.165) is 19.4 Å². The highest BCUT2D eigenvalue weighted by Crippen LogP contribution is 2.12. The van der Waals surface area contributed by atoms with Gasteiger partial charge in [0.05, 0.1) is 6.61 Å². The van der Waals surface area contributed by atoms with Gasteiger partial charge in [0, 0.05) is 13.0 Å². The standard InChI is InChI=1S/C19H39NO2/c1-4-5-6-7-8-9-10-11-12-13-14-16-19(21)22-18-15-17-20(2)3/h4-18H2,1-3H3. The van der Waals surface area contributed by atoms with Crippen LogP contribution in [0.5, 0.6) is 0 Å². The summed E-state index contributed by atoms with van der Waals surface area (Å²) in [7, 11) is 4.07. The van der Waals surface area contributed by atoms with Crippen LogP contribution in [0.1, 0.15) is 90.4 Å². The highest BCUT2D eigenvalue weighted by molar-refractivity contribution is 5.69. The third-order valence-electron chi connectivity index (χ3n) is 4.00. The van der Waals surface area contributed by atoms with E-state index in [1.165, 1.54) is 64.2 Å². The number of esters is 1. The smallest absolute Gasteiger partial charge is 0.305 e. The predicted octanol–water partition coefficient (Wildman–Crippen LogP) is 5.18. The molecule has 3 nitrogen and oxygen atoms in total. The van der Waals surface area contributed by atoms with Crippen molar-refractivity contribution >= 4 is 5.97 Å². The molecule has 132 valence electrons. The van der Waals surface area contributed by atoms with Crippen molar-refractivity contribution in [2.24, 2.45) is 0 Å². The Balaban J connectivity index is 3.14. The minimum Gasteiger partial charge on any atom is -0.466 e. The molecular formula is C19H39NO2. The largest absolute Gasteiger partial charge is 0.466 e. The third kappa shape index (κ3) is 17.5. The first-order chi connectivity index (χ1) is 10.7. The SMILES string of the molecule is CCCCCCCCCCCCCC(=O)OCCCN(C)C. The van der Waals surface area contributed by atoms with Crippen LogP contribution in [0.3, 0.4) is 0 Å². The minimum atomic E-state index is -0.0188. The molecule has 0 radical (unpaired) electrons. The maximum Gasteiger partial charge on any atom is 0.305 e. The zero-order chi connectivity index (χ0) is 16.5. The maximum absolute atomic E-state index is 11.5. The Morgan fingerprint density at radius 2 is 1.27 bits per heavy atom. The molecule has 0 N–H and O–H groups in total. The summed E-state index contributed by atoms with van der Waals surface area (Å²) in [6.45, 7) is 3.81. The molecule has 0 bridgehead atoms. The van der Waals surface area contributed by atoms with E-state index in [-0.39, 0.29) is 5.97 Å². The number of nitrogens with zero attached hydrogens (tertiary/aromatic N) is 1. The van der Waals surface area contributed by atoms with E-state index in [9.17, 15) is 4.79 Å². The monoisotopic (exact) mass is 313 g/mol. The van der Waals surface area contributed by atoms with Gasteiger partial charge >= 0.3 is 5.97 Å². The zero-order valence-corrected chi connectivity index (χ0v) is 15.4. The van der Waals surface area contributed by atoms with Crippen molar-refractivity contribution < 1.29 is 9.53 Å². The molecule has 22 heavy (non-hydrogen) atoms. The summed E-state index contributed by atoms with van der Waals surface area (Å²) in [5, 5.41) is 0. The molecule has 0 aromatic carbocycles. The molecule has 0 aliphatic carbocycles. The summed E-state index contributed by atoms with van der Waals surface area (Å²) in [6, 6.07) is 0. The first-order valence-corrected chi connectivity index (χ1v) is 9.47. The topological polar surface area (TPSA) is 29.5 Å². The van der Waals surface area contributed by atoms with Crippen molar-refractivity contribution in [3.63, 3.8) is 0 Å². The van der Waals surface area contributed by atoms with Gasteiger partial charge in [-0.25, -0.2) is 0 Å². The minimum absolute atomic E-state index is 0.0188. The van der Waals surface area contributed by atoms with Gasteiger partial charge < -0.3 is 9.64 Å². The van der Waals surface area contributed by atoms with Gasteiger partial charge in [0.15, 0.2) is 0 Å². The average molecular weight is 314 g/mol. The molecule has 0 amide bonds. The van der Waals surface area contributed by atoms with E-state index in [0.29, 0.717) is 13.0 Å². The Hall–Kier alpha value is -0.570. The predicted molar refractivity (Wildman–Crippen MR) is 95.2 cm³/mol. The third-order valence-corrected chi connectivity index (χ3v) is 4.00. The van der Waals surface area contributed by atoms with E-state index in [2.05, 4.69) is 11.8 Å². The number of carbonyl (C=O) groups excluding carboxylic acids is 1. The summed E-state index contributed by atoms with van der Waals surface area (Å²) in [4.78, 5) is 13.6. The van der Waals surface area contributed by atoms with Crippen LogP contribution in [-0.4, -0.2) is 38.1 Å². The normalized spacial score (nSPS) is 11.1. The van der Waals surface area contributed by atoms with Gasteiger partial charge in [0.2, 0.25) is 0 Å². The molecule has 0 spiro atoms. The fourth-order valence-corrected chi connectivity index (χ4v) is 2.57. The molecule has 0 atom stereocenters. The Labute approximate surface area is 138 Å². The number of ether oxygens (including phenoxy) is 1. The Morgan fingerprint density at radius 1 is 0.773 bits per heavy atom. The molecule has 0 heterocycles. The first kappa shape index (κ1) is 21.4. The van der Waals surface area contributed by atoms with E-state index in [1.54, 1.807) is 0 Å². The lowest BCUT2D eigenvalue weighted by molar-refractivity contribution is -0.143. The van der Waals surface area contributed by atoms with Crippen molar-refractivity contribution in [2.45, 2.75) is 90.4 Å². The molecule has 0 fully saturated rings. The van der Waals surface area contributed by atoms with Crippen LogP contribution in [0.2, 0.25) is 0 Å². The fourth-order valence-electron chi connectivity index (χ4n) is 2.57. The Bertz CT molecular complexity index is 242. The molecular weight excluding hydrogens is 274 g/mol. The van der Waals surface area contributed by atoms with E-state index >= 15 is 0 Å².